The summed E-state index contributed by atoms with van der Waals surface area (Å²) in [4.78, 5) is 39.8. The van der Waals surface area contributed by atoms with Crippen LogP contribution < -0.4 is 15.4 Å². The Kier molecular flexibility index (Phi) is 8.05. The number of hydrogen-bond acceptors (Lipinski definition) is 6. The van der Waals surface area contributed by atoms with Crippen LogP contribution in [-0.4, -0.2) is 74.3 Å². The molecule has 4 rings (SSSR count). The van der Waals surface area contributed by atoms with E-state index in [4.69, 9.17) is 14.2 Å². The third kappa shape index (κ3) is 5.70. The van der Waals surface area contributed by atoms with E-state index < -0.39 is 0 Å². The third-order valence-corrected chi connectivity index (χ3v) is 6.86. The molecule has 0 spiro atoms. The fraction of sp³-hybridized carbons (Fsp3) is 0.640. The van der Waals surface area contributed by atoms with Crippen LogP contribution in [0.4, 0.5) is 5.69 Å². The van der Waals surface area contributed by atoms with E-state index in [9.17, 15) is 14.4 Å². The second kappa shape index (κ2) is 11.2. The summed E-state index contributed by atoms with van der Waals surface area (Å²) in [5.41, 5.74) is 1.00. The van der Waals surface area contributed by atoms with Crippen molar-refractivity contribution in [2.24, 2.45) is 5.92 Å². The fourth-order valence-corrected chi connectivity index (χ4v) is 4.85. The van der Waals surface area contributed by atoms with Gasteiger partial charge in [-0.2, -0.15) is 0 Å². The van der Waals surface area contributed by atoms with Gasteiger partial charge < -0.3 is 29.7 Å². The number of carbonyl (C=O) groups excluding carboxylic acids is 3. The number of benzene rings is 1. The molecule has 0 radical (unpaired) electrons. The maximum absolute atomic E-state index is 13.4. The van der Waals surface area contributed by atoms with Crippen molar-refractivity contribution in [3.05, 3.63) is 23.8 Å². The summed E-state index contributed by atoms with van der Waals surface area (Å²) < 4.78 is 17.5. The minimum atomic E-state index is -0.312. The number of carbonyl (C=O) groups is 3. The van der Waals surface area contributed by atoms with E-state index in [-0.39, 0.29) is 48.5 Å². The van der Waals surface area contributed by atoms with Crippen molar-refractivity contribution in [3.8, 4) is 5.75 Å². The Morgan fingerprint density at radius 1 is 1.15 bits per heavy atom. The molecular weight excluding hydrogens is 438 g/mol. The summed E-state index contributed by atoms with van der Waals surface area (Å²) in [6, 6.07) is 5.02. The number of nitrogens with zero attached hydrogens (tertiary/aromatic N) is 1. The SMILES string of the molecule is CCCNC(=O)C[C@@H]1CC[C@H]2[C@H](COc3ccc(NC(=O)C4CCOCC4)cc3C(=O)N2C)O1. The van der Waals surface area contributed by atoms with E-state index in [0.29, 0.717) is 62.4 Å². The number of anilines is 1. The summed E-state index contributed by atoms with van der Waals surface area (Å²) in [6.45, 7) is 4.15. The smallest absolute Gasteiger partial charge is 0.257 e. The summed E-state index contributed by atoms with van der Waals surface area (Å²) in [5.74, 6) is 0.149. The predicted molar refractivity (Wildman–Crippen MR) is 126 cm³/mol. The van der Waals surface area contributed by atoms with E-state index >= 15 is 0 Å². The topological polar surface area (TPSA) is 106 Å². The molecule has 9 nitrogen and oxygen atoms in total. The van der Waals surface area contributed by atoms with Gasteiger partial charge in [0.2, 0.25) is 11.8 Å². The largest absolute Gasteiger partial charge is 0.490 e. The highest BCUT2D eigenvalue weighted by Gasteiger charge is 2.39. The van der Waals surface area contributed by atoms with Gasteiger partial charge >= 0.3 is 0 Å². The van der Waals surface area contributed by atoms with Crippen molar-refractivity contribution in [2.45, 2.75) is 63.7 Å². The molecule has 186 valence electrons. The highest BCUT2D eigenvalue weighted by molar-refractivity contribution is 6.00. The van der Waals surface area contributed by atoms with E-state index in [2.05, 4.69) is 10.6 Å². The van der Waals surface area contributed by atoms with Crippen molar-refractivity contribution in [1.82, 2.24) is 10.2 Å². The molecule has 0 bridgehead atoms. The van der Waals surface area contributed by atoms with Crippen LogP contribution in [0.1, 0.15) is 55.8 Å². The fourth-order valence-electron chi connectivity index (χ4n) is 4.85. The predicted octanol–water partition coefficient (Wildman–Crippen LogP) is 2.35. The third-order valence-electron chi connectivity index (χ3n) is 6.86. The van der Waals surface area contributed by atoms with E-state index in [1.54, 1.807) is 30.1 Å². The first-order valence-corrected chi connectivity index (χ1v) is 12.3. The van der Waals surface area contributed by atoms with Crippen LogP contribution in [0.25, 0.3) is 0 Å². The Labute approximate surface area is 200 Å². The Morgan fingerprint density at radius 3 is 2.71 bits per heavy atom. The Bertz CT molecular complexity index is 901. The quantitative estimate of drug-likeness (QED) is 0.657. The first kappa shape index (κ1) is 24.5. The molecule has 0 aliphatic carbocycles. The summed E-state index contributed by atoms with van der Waals surface area (Å²) in [7, 11) is 1.78. The monoisotopic (exact) mass is 473 g/mol. The highest BCUT2D eigenvalue weighted by Crippen LogP contribution is 2.32. The van der Waals surface area contributed by atoms with Crippen LogP contribution in [0.2, 0.25) is 0 Å². The molecule has 3 amide bonds. The zero-order chi connectivity index (χ0) is 24.1. The van der Waals surface area contributed by atoms with Crippen LogP contribution in [0.5, 0.6) is 5.75 Å². The van der Waals surface area contributed by atoms with Gasteiger partial charge in [0.1, 0.15) is 18.5 Å². The van der Waals surface area contributed by atoms with Crippen LogP contribution in [0.15, 0.2) is 18.2 Å². The van der Waals surface area contributed by atoms with Gasteiger partial charge in [0.15, 0.2) is 0 Å². The molecule has 1 aromatic carbocycles. The second-order valence-corrected chi connectivity index (χ2v) is 9.31. The van der Waals surface area contributed by atoms with Gasteiger partial charge in [-0.25, -0.2) is 0 Å². The molecule has 34 heavy (non-hydrogen) atoms. The number of ether oxygens (including phenoxy) is 3. The minimum absolute atomic E-state index is 0.0119. The molecule has 3 aliphatic rings. The van der Waals surface area contributed by atoms with E-state index in [0.717, 1.165) is 12.8 Å². The summed E-state index contributed by atoms with van der Waals surface area (Å²) >= 11 is 0. The lowest BCUT2D eigenvalue weighted by Crippen LogP contribution is -2.54. The number of hydrogen-bond donors (Lipinski definition) is 2. The molecule has 3 heterocycles. The Hall–Kier alpha value is -2.65. The molecule has 9 heteroatoms. The van der Waals surface area contributed by atoms with E-state index in [1.807, 2.05) is 6.92 Å². The van der Waals surface area contributed by atoms with Crippen molar-refractivity contribution in [1.29, 1.82) is 0 Å². The highest BCUT2D eigenvalue weighted by atomic mass is 16.5. The summed E-state index contributed by atoms with van der Waals surface area (Å²) in [5, 5.41) is 5.84. The van der Waals surface area contributed by atoms with Gasteiger partial charge in [0.05, 0.1) is 24.1 Å². The molecular formula is C25H35N3O6. The van der Waals surface area contributed by atoms with Crippen LogP contribution in [-0.2, 0) is 19.1 Å². The molecule has 0 saturated carbocycles. The van der Waals surface area contributed by atoms with Crippen molar-refractivity contribution in [2.75, 3.05) is 38.7 Å². The zero-order valence-electron chi connectivity index (χ0n) is 20.0. The molecule has 2 fully saturated rings. The molecule has 0 aromatic heterocycles. The van der Waals surface area contributed by atoms with Gasteiger partial charge in [-0.3, -0.25) is 14.4 Å². The number of amides is 3. The standard InChI is InChI=1S/C25H35N3O6/c1-3-10-26-23(29)14-18-5-6-20-22(34-18)15-33-21-7-4-17(13-19(21)25(31)28(20)2)27-24(30)16-8-11-32-12-9-16/h4,7,13,16,18,20,22H,3,5-6,8-12,14-15H2,1-2H3,(H,26,29)(H,27,30)/t18-,20-,22-/m0/s1. The Balaban J connectivity index is 1.43. The first-order valence-electron chi connectivity index (χ1n) is 12.3. The molecule has 2 saturated heterocycles. The van der Waals surface area contributed by atoms with Crippen molar-refractivity contribution < 1.29 is 28.6 Å². The van der Waals surface area contributed by atoms with Crippen molar-refractivity contribution in [3.63, 3.8) is 0 Å². The number of nitrogens with one attached hydrogen (secondary N) is 2. The maximum atomic E-state index is 13.4. The molecule has 0 unspecified atom stereocenters. The lowest BCUT2D eigenvalue weighted by atomic mass is 9.94. The van der Waals surface area contributed by atoms with Crippen LogP contribution in [0, 0.1) is 5.92 Å². The first-order chi connectivity index (χ1) is 16.5. The number of fused-ring (bicyclic) bond motifs is 2. The minimum Gasteiger partial charge on any atom is -0.490 e. The molecule has 3 atom stereocenters. The molecule has 1 aromatic rings. The maximum Gasteiger partial charge on any atom is 0.257 e. The van der Waals surface area contributed by atoms with Gasteiger partial charge in [-0.05, 0) is 50.3 Å². The zero-order valence-corrected chi connectivity index (χ0v) is 20.0. The van der Waals surface area contributed by atoms with Crippen LogP contribution >= 0.6 is 0 Å². The van der Waals surface area contributed by atoms with Crippen LogP contribution in [0.3, 0.4) is 0 Å². The lowest BCUT2D eigenvalue weighted by molar-refractivity contribution is -0.134. The van der Waals surface area contributed by atoms with E-state index in [1.165, 1.54) is 0 Å². The number of likely N-dealkylation sites (N-methyl/N-ethyl adjacent to an activating group) is 1. The van der Waals surface area contributed by atoms with Gasteiger partial charge in [0.25, 0.3) is 5.91 Å². The average Bonchev–Trinajstić information content (AvgIpc) is 2.85. The van der Waals surface area contributed by atoms with Gasteiger partial charge in [-0.15, -0.1) is 0 Å². The average molecular weight is 474 g/mol. The molecule has 3 aliphatic heterocycles. The van der Waals surface area contributed by atoms with Gasteiger partial charge in [-0.1, -0.05) is 6.92 Å². The van der Waals surface area contributed by atoms with Gasteiger partial charge in [0, 0.05) is 38.4 Å². The Morgan fingerprint density at radius 2 is 1.94 bits per heavy atom. The van der Waals surface area contributed by atoms with Crippen molar-refractivity contribution >= 4 is 23.4 Å². The number of rotatable bonds is 6. The lowest BCUT2D eigenvalue weighted by Gasteiger charge is -2.42. The second-order valence-electron chi connectivity index (χ2n) is 9.31. The molecule has 2 N–H and O–H groups in total. The summed E-state index contributed by atoms with van der Waals surface area (Å²) in [6.07, 6.45) is 3.54. The normalized spacial score (nSPS) is 25.3.